The zero-order chi connectivity index (χ0) is 14.7. The Morgan fingerprint density at radius 3 is 0.947 bits per heavy atom. The Bertz CT molecular complexity index is 118. The molecular formula is C13H31CuLiNO2Si. The third-order valence-electron chi connectivity index (χ3n) is 0.816. The predicted octanol–water partition coefficient (Wildman–Crippen LogP) is 0.881. The van der Waals surface area contributed by atoms with Gasteiger partial charge in [0.15, 0.2) is 0 Å². The molecule has 0 fully saturated rings. The Balaban J connectivity index is -0.0000000298. The minimum Gasteiger partial charge on any atom is -0.512 e. The molecule has 0 atom stereocenters. The smallest absolute Gasteiger partial charge is 0.512 e. The van der Waals surface area contributed by atoms with Crippen LogP contribution in [0.15, 0.2) is 0 Å². The van der Waals surface area contributed by atoms with Crippen molar-refractivity contribution in [1.82, 2.24) is 0 Å². The average Bonchev–Trinajstić information content (AvgIpc) is 2.22. The average molecular weight is 332 g/mol. The van der Waals surface area contributed by atoms with Crippen LogP contribution in [0.25, 0.3) is 0 Å². The summed E-state index contributed by atoms with van der Waals surface area (Å²) in [5.41, 5.74) is 0. The van der Waals surface area contributed by atoms with Gasteiger partial charge in [0.25, 0.3) is 0 Å². The maximum absolute atomic E-state index is 6.25. The summed E-state index contributed by atoms with van der Waals surface area (Å²) in [7, 11) is -0.861. The largest absolute Gasteiger partial charge is 1.00 e. The van der Waals surface area contributed by atoms with E-state index in [1.807, 2.05) is 27.7 Å². The molecule has 0 aromatic heterocycles. The van der Waals surface area contributed by atoms with Gasteiger partial charge in [0.05, 0.1) is 0 Å². The molecule has 0 aliphatic carbocycles. The molecule has 0 aromatic rings. The molecule has 0 N–H and O–H groups in total. The summed E-state index contributed by atoms with van der Waals surface area (Å²) >= 11 is 0. The topological polar surface area (TPSA) is 42.2 Å². The molecule has 3 nitrogen and oxygen atoms in total. The fraction of sp³-hybridized carbons (Fsp3) is 0.846. The van der Waals surface area contributed by atoms with E-state index in [0.29, 0.717) is 0 Å². The summed E-state index contributed by atoms with van der Waals surface area (Å²) in [6.07, 6.45) is 0. The van der Waals surface area contributed by atoms with Crippen LogP contribution >= 0.6 is 0 Å². The van der Waals surface area contributed by atoms with Gasteiger partial charge in [0.2, 0.25) is 0 Å². The third-order valence-corrected chi connectivity index (χ3v) is 0.816. The Morgan fingerprint density at radius 2 is 0.947 bits per heavy atom. The van der Waals surface area contributed by atoms with E-state index < -0.39 is 8.07 Å². The van der Waals surface area contributed by atoms with Crippen LogP contribution in [0.5, 0.6) is 0 Å². The van der Waals surface area contributed by atoms with Gasteiger partial charge in [-0.05, 0) is 27.7 Å². The summed E-state index contributed by atoms with van der Waals surface area (Å²) in [5.74, 6) is 0. The summed E-state index contributed by atoms with van der Waals surface area (Å²) < 4.78 is 9.67. The molecule has 0 aliphatic heterocycles. The minimum atomic E-state index is -0.861. The molecule has 0 spiro atoms. The molecular weight excluding hydrogens is 301 g/mol. The summed E-state index contributed by atoms with van der Waals surface area (Å²) in [6.45, 7) is 26.6. The van der Waals surface area contributed by atoms with Crippen LogP contribution in [-0.2, 0) is 26.5 Å². The van der Waals surface area contributed by atoms with Crippen molar-refractivity contribution in [2.24, 2.45) is 0 Å². The van der Waals surface area contributed by atoms with E-state index in [-0.39, 0.29) is 35.9 Å². The first kappa shape index (κ1) is 36.7. The Hall–Kier alpha value is 0.744. The molecule has 0 radical (unpaired) electrons. The molecule has 0 bridgehead atoms. The van der Waals surface area contributed by atoms with Gasteiger partial charge in [-0.1, -0.05) is 19.6 Å². The van der Waals surface area contributed by atoms with E-state index in [0.717, 1.165) is 26.4 Å². The van der Waals surface area contributed by atoms with Crippen molar-refractivity contribution in [2.45, 2.75) is 47.3 Å². The van der Waals surface area contributed by atoms with Crippen molar-refractivity contribution in [3.05, 3.63) is 13.1 Å². The van der Waals surface area contributed by atoms with E-state index >= 15 is 0 Å². The van der Waals surface area contributed by atoms with Gasteiger partial charge in [0, 0.05) is 26.4 Å². The van der Waals surface area contributed by atoms with E-state index in [4.69, 9.17) is 21.3 Å². The third kappa shape index (κ3) is 234. The number of rotatable bonds is 4. The van der Waals surface area contributed by atoms with Crippen molar-refractivity contribution in [3.8, 4) is 0 Å². The van der Waals surface area contributed by atoms with Gasteiger partial charge < -0.3 is 27.9 Å². The molecule has 6 heteroatoms. The second kappa shape index (κ2) is 36.3. The zero-order valence-electron chi connectivity index (χ0n) is 14.1. The first-order chi connectivity index (χ1) is 7.83. The maximum Gasteiger partial charge on any atom is 1.00 e. The van der Waals surface area contributed by atoms with Crippen LogP contribution in [0.3, 0.4) is 0 Å². The SMILES string of the molecule is CCOCC.CCOCC.[C-]#N.[CH2-][Si](C)(C)C.[Cu+].[Li+]. The first-order valence-corrected chi connectivity index (χ1v) is 9.77. The number of nitrogens with zero attached hydrogens (tertiary/aromatic N) is 1. The van der Waals surface area contributed by atoms with E-state index in [2.05, 4.69) is 26.2 Å². The van der Waals surface area contributed by atoms with Gasteiger partial charge >= 0.3 is 35.9 Å². The maximum atomic E-state index is 6.25. The number of hydrogen-bond acceptors (Lipinski definition) is 3. The van der Waals surface area contributed by atoms with Gasteiger partial charge in [-0.25, -0.2) is 0 Å². The molecule has 0 unspecified atom stereocenters. The second-order valence-corrected chi connectivity index (χ2v) is 9.24. The van der Waals surface area contributed by atoms with Gasteiger partial charge in [0.1, 0.15) is 0 Å². The standard InChI is InChI=1S/2C4H10O.C4H11Si.CN.Cu.Li/c2*1-3-5-4-2;1-5(2,3)4;1-2;;/h2*3-4H2,1-2H3;1H2,2-4H3;;;/q;;2*-1;2*+1. The molecule has 0 heterocycles. The van der Waals surface area contributed by atoms with Crippen LogP contribution in [0.1, 0.15) is 27.7 Å². The fourth-order valence-corrected chi connectivity index (χ4v) is 0.408. The Morgan fingerprint density at radius 1 is 0.842 bits per heavy atom. The van der Waals surface area contributed by atoms with Gasteiger partial charge in [-0.15, -0.1) is 8.07 Å². The molecule has 19 heavy (non-hydrogen) atoms. The zero-order valence-corrected chi connectivity index (χ0v) is 16.0. The van der Waals surface area contributed by atoms with Crippen LogP contribution in [0, 0.1) is 18.4 Å². The number of ether oxygens (including phenoxy) is 2. The van der Waals surface area contributed by atoms with Crippen molar-refractivity contribution >= 4 is 8.07 Å². The molecule has 0 aliphatic rings. The molecule has 0 saturated heterocycles. The van der Waals surface area contributed by atoms with Crippen LogP contribution in [0.2, 0.25) is 19.6 Å². The minimum absolute atomic E-state index is 0. The summed E-state index contributed by atoms with van der Waals surface area (Å²) in [5, 5.41) is 6.25. The van der Waals surface area contributed by atoms with Crippen LogP contribution < -0.4 is 18.9 Å². The normalized spacial score (nSPS) is 7.68. The Labute approximate surface area is 145 Å². The van der Waals surface area contributed by atoms with Gasteiger partial charge in [-0.2, -0.15) is 0 Å². The summed E-state index contributed by atoms with van der Waals surface area (Å²) in [6, 6.07) is 0. The van der Waals surface area contributed by atoms with Crippen molar-refractivity contribution in [2.75, 3.05) is 26.4 Å². The molecule has 0 rings (SSSR count). The quantitative estimate of drug-likeness (QED) is 0.567. The van der Waals surface area contributed by atoms with Crippen molar-refractivity contribution in [3.63, 3.8) is 0 Å². The summed E-state index contributed by atoms with van der Waals surface area (Å²) in [4.78, 5) is 0. The van der Waals surface area contributed by atoms with Crippen molar-refractivity contribution in [1.29, 1.82) is 5.26 Å². The predicted molar refractivity (Wildman–Crippen MR) is 78.0 cm³/mol. The van der Waals surface area contributed by atoms with E-state index in [9.17, 15) is 0 Å². The van der Waals surface area contributed by atoms with Crippen LogP contribution in [-0.4, -0.2) is 34.5 Å². The van der Waals surface area contributed by atoms with Crippen LogP contribution in [0.4, 0.5) is 0 Å². The second-order valence-electron chi connectivity index (χ2n) is 4.12. The molecule has 0 amide bonds. The van der Waals surface area contributed by atoms with Crippen molar-refractivity contribution < 1.29 is 45.4 Å². The molecule has 116 valence electrons. The van der Waals surface area contributed by atoms with Gasteiger partial charge in [-0.3, -0.25) is 0 Å². The molecule has 0 saturated carbocycles. The van der Waals surface area contributed by atoms with E-state index in [1.165, 1.54) is 0 Å². The fourth-order valence-electron chi connectivity index (χ4n) is 0.408. The number of hydrogen-bond donors (Lipinski definition) is 0. The Kier molecular flexibility index (Phi) is 70.2. The monoisotopic (exact) mass is 331 g/mol. The molecule has 0 aromatic carbocycles. The van der Waals surface area contributed by atoms with E-state index in [1.54, 1.807) is 0 Å². The first-order valence-electron chi connectivity index (χ1n) is 6.06.